The molecule has 1 atom stereocenters. The summed E-state index contributed by atoms with van der Waals surface area (Å²) in [4.78, 5) is 25.6. The van der Waals surface area contributed by atoms with E-state index in [-0.39, 0.29) is 25.1 Å². The van der Waals surface area contributed by atoms with Gasteiger partial charge in [0.1, 0.15) is 13.2 Å². The zero-order valence-electron chi connectivity index (χ0n) is 16.3. The first-order chi connectivity index (χ1) is 14.1. The van der Waals surface area contributed by atoms with Gasteiger partial charge in [-0.25, -0.2) is 4.79 Å². The Balaban J connectivity index is 1.51. The van der Waals surface area contributed by atoms with Crippen LogP contribution in [0, 0.1) is 0 Å². The van der Waals surface area contributed by atoms with Crippen molar-refractivity contribution in [2.24, 2.45) is 0 Å². The Kier molecular flexibility index (Phi) is 5.81. The lowest BCUT2D eigenvalue weighted by Crippen LogP contribution is -2.44. The molecule has 1 amide bonds. The third-order valence-corrected chi connectivity index (χ3v) is 5.86. The Morgan fingerprint density at radius 2 is 1.66 bits per heavy atom. The second kappa shape index (κ2) is 8.66. The molecule has 6 nitrogen and oxygen atoms in total. The number of nitrogens with zero attached hydrogens (tertiary/aromatic N) is 1. The minimum atomic E-state index is -1.02. The molecule has 6 heteroatoms. The molecule has 4 rings (SSSR count). The standard InChI is InChI=1S/C23H26N2O4/c26-22(27)14-25(16-6-5-12-24-13-11-16)23(28)29-15-21-19-9-3-1-7-17(19)18-8-2-4-10-20(18)21/h1-4,7-10,16,21,24H,5-6,11-15H2,(H,26,27). The van der Waals surface area contributed by atoms with Crippen LogP contribution in [0.2, 0.25) is 0 Å². The van der Waals surface area contributed by atoms with E-state index in [1.807, 2.05) is 24.3 Å². The second-order valence-corrected chi connectivity index (χ2v) is 7.66. The van der Waals surface area contributed by atoms with Gasteiger partial charge in [0, 0.05) is 12.0 Å². The molecule has 0 radical (unpaired) electrons. The van der Waals surface area contributed by atoms with Crippen LogP contribution in [-0.2, 0) is 9.53 Å². The molecule has 0 saturated carbocycles. The van der Waals surface area contributed by atoms with Crippen LogP contribution in [0.3, 0.4) is 0 Å². The number of carbonyl (C=O) groups excluding carboxylic acids is 1. The molecule has 29 heavy (non-hydrogen) atoms. The van der Waals surface area contributed by atoms with Gasteiger partial charge in [-0.2, -0.15) is 0 Å². The van der Waals surface area contributed by atoms with E-state index < -0.39 is 12.1 Å². The third kappa shape index (κ3) is 4.12. The third-order valence-electron chi connectivity index (χ3n) is 5.86. The van der Waals surface area contributed by atoms with Crippen molar-refractivity contribution in [1.29, 1.82) is 0 Å². The van der Waals surface area contributed by atoms with Crippen molar-refractivity contribution in [3.8, 4) is 11.1 Å². The average Bonchev–Trinajstić information content (AvgIpc) is 2.86. The second-order valence-electron chi connectivity index (χ2n) is 7.66. The number of carboxylic acids is 1. The zero-order chi connectivity index (χ0) is 20.2. The van der Waals surface area contributed by atoms with E-state index in [0.29, 0.717) is 0 Å². The van der Waals surface area contributed by atoms with E-state index in [9.17, 15) is 14.7 Å². The molecule has 2 aromatic rings. The summed E-state index contributed by atoms with van der Waals surface area (Å²) in [7, 11) is 0. The molecule has 1 saturated heterocycles. The van der Waals surface area contributed by atoms with Crippen LogP contribution >= 0.6 is 0 Å². The summed E-state index contributed by atoms with van der Waals surface area (Å²) in [5.74, 6) is -1.05. The van der Waals surface area contributed by atoms with Crippen LogP contribution in [0.4, 0.5) is 4.79 Å². The molecule has 2 aliphatic rings. The lowest BCUT2D eigenvalue weighted by molar-refractivity contribution is -0.138. The van der Waals surface area contributed by atoms with Gasteiger partial charge in [-0.05, 0) is 54.6 Å². The monoisotopic (exact) mass is 394 g/mol. The van der Waals surface area contributed by atoms with Crippen LogP contribution in [0.25, 0.3) is 11.1 Å². The number of hydrogen-bond donors (Lipinski definition) is 2. The molecule has 1 aliphatic carbocycles. The smallest absolute Gasteiger partial charge is 0.410 e. The molecule has 1 unspecified atom stereocenters. The Morgan fingerprint density at radius 1 is 1.00 bits per heavy atom. The van der Waals surface area contributed by atoms with Crippen molar-refractivity contribution in [2.75, 3.05) is 26.2 Å². The molecule has 2 aromatic carbocycles. The number of nitrogens with one attached hydrogen (secondary N) is 1. The Bertz CT molecular complexity index is 844. The van der Waals surface area contributed by atoms with E-state index in [1.165, 1.54) is 16.0 Å². The first-order valence-corrected chi connectivity index (χ1v) is 10.2. The largest absolute Gasteiger partial charge is 0.480 e. The fourth-order valence-corrected chi connectivity index (χ4v) is 4.48. The Hall–Kier alpha value is -2.86. The van der Waals surface area contributed by atoms with E-state index in [1.54, 1.807) is 0 Å². The van der Waals surface area contributed by atoms with Crippen molar-refractivity contribution >= 4 is 12.1 Å². The number of hydrogen-bond acceptors (Lipinski definition) is 4. The van der Waals surface area contributed by atoms with Crippen LogP contribution in [0.5, 0.6) is 0 Å². The van der Waals surface area contributed by atoms with Gasteiger partial charge in [-0.1, -0.05) is 48.5 Å². The Labute approximate surface area is 170 Å². The van der Waals surface area contributed by atoms with Crippen LogP contribution in [0.1, 0.15) is 36.3 Å². The maximum atomic E-state index is 12.9. The summed E-state index contributed by atoms with van der Waals surface area (Å²) in [5, 5.41) is 12.6. The molecule has 152 valence electrons. The maximum Gasteiger partial charge on any atom is 0.410 e. The number of fused-ring (bicyclic) bond motifs is 3. The fraction of sp³-hybridized carbons (Fsp3) is 0.391. The summed E-state index contributed by atoms with van der Waals surface area (Å²) in [5.41, 5.74) is 4.62. The molecular weight excluding hydrogens is 368 g/mol. The zero-order valence-corrected chi connectivity index (χ0v) is 16.3. The van der Waals surface area contributed by atoms with Crippen LogP contribution in [0.15, 0.2) is 48.5 Å². The maximum absolute atomic E-state index is 12.9. The SMILES string of the molecule is O=C(O)CN(C(=O)OCC1c2ccccc2-c2ccccc21)C1CCCNCC1. The predicted molar refractivity (Wildman–Crippen MR) is 110 cm³/mol. The quantitative estimate of drug-likeness (QED) is 0.812. The predicted octanol–water partition coefficient (Wildman–Crippen LogP) is 3.46. The molecule has 1 heterocycles. The number of rotatable bonds is 5. The van der Waals surface area contributed by atoms with Gasteiger partial charge in [0.15, 0.2) is 0 Å². The van der Waals surface area contributed by atoms with E-state index >= 15 is 0 Å². The number of carboxylic acid groups (broad SMARTS) is 1. The van der Waals surface area contributed by atoms with Gasteiger partial charge in [0.05, 0.1) is 0 Å². The number of aliphatic carboxylic acids is 1. The van der Waals surface area contributed by atoms with Gasteiger partial charge in [-0.3, -0.25) is 9.69 Å². The van der Waals surface area contributed by atoms with Crippen molar-refractivity contribution in [2.45, 2.75) is 31.2 Å². The van der Waals surface area contributed by atoms with Gasteiger partial charge in [0.25, 0.3) is 0 Å². The summed E-state index contributed by atoms with van der Waals surface area (Å²) >= 11 is 0. The molecular formula is C23H26N2O4. The minimum Gasteiger partial charge on any atom is -0.480 e. The molecule has 1 aliphatic heterocycles. The summed E-state index contributed by atoms with van der Waals surface area (Å²) < 4.78 is 5.70. The normalized spacial score (nSPS) is 18.4. The number of amides is 1. The van der Waals surface area contributed by atoms with Crippen molar-refractivity contribution in [1.82, 2.24) is 10.2 Å². The van der Waals surface area contributed by atoms with Crippen molar-refractivity contribution in [3.63, 3.8) is 0 Å². The van der Waals surface area contributed by atoms with Crippen LogP contribution < -0.4 is 5.32 Å². The van der Waals surface area contributed by atoms with Gasteiger partial charge in [-0.15, -0.1) is 0 Å². The lowest BCUT2D eigenvalue weighted by atomic mass is 9.98. The first-order valence-electron chi connectivity index (χ1n) is 10.2. The molecule has 2 N–H and O–H groups in total. The van der Waals surface area contributed by atoms with E-state index in [2.05, 4.69) is 29.6 Å². The minimum absolute atomic E-state index is 0.0335. The lowest BCUT2D eigenvalue weighted by Gasteiger charge is -2.29. The number of carbonyl (C=O) groups is 2. The summed E-state index contributed by atoms with van der Waals surface area (Å²) in [6.07, 6.45) is 1.89. The topological polar surface area (TPSA) is 78.9 Å². The molecule has 1 fully saturated rings. The molecule has 0 spiro atoms. The highest BCUT2D eigenvalue weighted by molar-refractivity contribution is 5.79. The highest BCUT2D eigenvalue weighted by atomic mass is 16.6. The number of ether oxygens (including phenoxy) is 1. The summed E-state index contributed by atoms with van der Waals surface area (Å²) in [6.45, 7) is 1.54. The van der Waals surface area contributed by atoms with Gasteiger partial charge < -0.3 is 15.2 Å². The van der Waals surface area contributed by atoms with Crippen molar-refractivity contribution < 1.29 is 19.4 Å². The van der Waals surface area contributed by atoms with Gasteiger partial charge in [0.2, 0.25) is 0 Å². The summed E-state index contributed by atoms with van der Waals surface area (Å²) in [6, 6.07) is 16.2. The average molecular weight is 394 g/mol. The Morgan fingerprint density at radius 3 is 2.31 bits per heavy atom. The van der Waals surface area contributed by atoms with E-state index in [0.717, 1.165) is 43.5 Å². The van der Waals surface area contributed by atoms with E-state index in [4.69, 9.17) is 4.74 Å². The number of benzene rings is 2. The van der Waals surface area contributed by atoms with Gasteiger partial charge >= 0.3 is 12.1 Å². The van der Waals surface area contributed by atoms with Crippen molar-refractivity contribution in [3.05, 3.63) is 59.7 Å². The highest BCUT2D eigenvalue weighted by Gasteiger charge is 2.32. The highest BCUT2D eigenvalue weighted by Crippen LogP contribution is 2.44. The molecule has 0 aromatic heterocycles. The van der Waals surface area contributed by atoms with Crippen LogP contribution in [-0.4, -0.2) is 54.4 Å². The molecule has 0 bridgehead atoms. The fourth-order valence-electron chi connectivity index (χ4n) is 4.48. The first kappa shape index (κ1) is 19.5.